The average molecular weight is 273 g/mol. The van der Waals surface area contributed by atoms with Gasteiger partial charge in [-0.1, -0.05) is 0 Å². The normalized spacial score (nSPS) is 11.0. The Morgan fingerprint density at radius 1 is 1.14 bits per heavy atom. The van der Waals surface area contributed by atoms with Gasteiger partial charge in [-0.05, 0) is 42.1 Å². The van der Waals surface area contributed by atoms with Crippen LogP contribution in [0.25, 0.3) is 27.1 Å². The Morgan fingerprint density at radius 2 is 2.05 bits per heavy atom. The van der Waals surface area contributed by atoms with Crippen LogP contribution in [-0.2, 0) is 0 Å². The van der Waals surface area contributed by atoms with Crippen molar-refractivity contribution in [2.24, 2.45) is 0 Å². The Kier molecular flexibility index (Phi) is 2.33. The summed E-state index contributed by atoms with van der Waals surface area (Å²) >= 11 is 0. The lowest BCUT2D eigenvalue weighted by atomic mass is 10.1. The van der Waals surface area contributed by atoms with Crippen molar-refractivity contribution in [1.29, 1.82) is 0 Å². The highest BCUT2D eigenvalue weighted by atomic mass is 15.2. The first-order chi connectivity index (χ1) is 10.3. The van der Waals surface area contributed by atoms with E-state index in [9.17, 15) is 0 Å². The van der Waals surface area contributed by atoms with E-state index in [-0.39, 0.29) is 0 Å². The van der Waals surface area contributed by atoms with Gasteiger partial charge in [-0.2, -0.15) is 0 Å². The Bertz CT molecular complexity index is 1020. The second-order valence-corrected chi connectivity index (χ2v) is 4.98. The smallest absolute Gasteiger partial charge is 0.190 e. The second kappa shape index (κ2) is 4.18. The monoisotopic (exact) mass is 273 g/mol. The summed E-state index contributed by atoms with van der Waals surface area (Å²) in [6, 6.07) is 10.0. The molecule has 0 amide bonds. The van der Waals surface area contributed by atoms with Gasteiger partial charge in [0.15, 0.2) is 11.3 Å². The summed E-state index contributed by atoms with van der Waals surface area (Å²) < 4.78 is 3.97. The molecule has 0 aliphatic rings. The first-order valence-electron chi connectivity index (χ1n) is 6.55. The maximum absolute atomic E-state index is 7.20. The van der Waals surface area contributed by atoms with Gasteiger partial charge in [0.05, 0.1) is 17.8 Å². The van der Waals surface area contributed by atoms with Crippen molar-refractivity contribution in [1.82, 2.24) is 19.2 Å². The maximum Gasteiger partial charge on any atom is 0.190 e. The lowest BCUT2D eigenvalue weighted by Crippen LogP contribution is -1.94. The van der Waals surface area contributed by atoms with E-state index in [4.69, 9.17) is 6.57 Å². The van der Waals surface area contributed by atoms with Crippen molar-refractivity contribution in [2.45, 2.75) is 6.92 Å². The van der Waals surface area contributed by atoms with E-state index in [0.29, 0.717) is 5.69 Å². The standard InChI is InChI=1S/C16H11N5/c1-11-7-15-12(8-14(11)17-2)3-6-21(15)13-4-5-20-10-18-19-16(20)9-13/h3-10H,1H3. The Balaban J connectivity index is 1.97. The van der Waals surface area contributed by atoms with Crippen molar-refractivity contribution in [2.75, 3.05) is 0 Å². The number of pyridine rings is 1. The van der Waals surface area contributed by atoms with E-state index >= 15 is 0 Å². The van der Waals surface area contributed by atoms with Crippen LogP contribution in [0.15, 0.2) is 49.1 Å². The molecule has 21 heavy (non-hydrogen) atoms. The molecule has 4 aromatic rings. The lowest BCUT2D eigenvalue weighted by molar-refractivity contribution is 1.09. The van der Waals surface area contributed by atoms with E-state index < -0.39 is 0 Å². The number of benzene rings is 1. The molecular formula is C16H11N5. The Morgan fingerprint density at radius 3 is 2.90 bits per heavy atom. The fraction of sp³-hybridized carbons (Fsp3) is 0.0625. The molecule has 0 saturated carbocycles. The quantitative estimate of drug-likeness (QED) is 0.498. The van der Waals surface area contributed by atoms with Crippen molar-refractivity contribution < 1.29 is 0 Å². The van der Waals surface area contributed by atoms with Gasteiger partial charge in [-0.25, -0.2) is 4.85 Å². The molecule has 0 spiro atoms. The summed E-state index contributed by atoms with van der Waals surface area (Å²) in [7, 11) is 0. The van der Waals surface area contributed by atoms with E-state index in [1.54, 1.807) is 6.33 Å². The summed E-state index contributed by atoms with van der Waals surface area (Å²) in [5, 5.41) is 9.03. The molecule has 0 aliphatic carbocycles. The molecule has 100 valence electrons. The molecule has 4 rings (SSSR count). The summed E-state index contributed by atoms with van der Waals surface area (Å²) in [6.07, 6.45) is 5.63. The van der Waals surface area contributed by atoms with Gasteiger partial charge in [-0.3, -0.25) is 4.40 Å². The Labute approximate surface area is 120 Å². The molecule has 0 N–H and O–H groups in total. The van der Waals surface area contributed by atoms with Crippen LogP contribution in [0.1, 0.15) is 5.56 Å². The van der Waals surface area contributed by atoms with Crippen molar-refractivity contribution >= 4 is 22.2 Å². The molecule has 0 unspecified atom stereocenters. The highest BCUT2D eigenvalue weighted by molar-refractivity contribution is 5.87. The molecular weight excluding hydrogens is 262 g/mol. The molecule has 0 atom stereocenters. The number of hydrogen-bond acceptors (Lipinski definition) is 2. The number of nitrogens with zero attached hydrogens (tertiary/aromatic N) is 5. The summed E-state index contributed by atoms with van der Waals surface area (Å²) in [6.45, 7) is 9.17. The third kappa shape index (κ3) is 1.70. The molecule has 3 heterocycles. The van der Waals surface area contributed by atoms with Gasteiger partial charge in [-0.15, -0.1) is 10.2 Å². The summed E-state index contributed by atoms with van der Waals surface area (Å²) in [5.74, 6) is 0. The summed E-state index contributed by atoms with van der Waals surface area (Å²) in [4.78, 5) is 3.56. The zero-order valence-electron chi connectivity index (χ0n) is 11.4. The molecule has 0 saturated heterocycles. The van der Waals surface area contributed by atoms with Crippen LogP contribution in [0.2, 0.25) is 0 Å². The van der Waals surface area contributed by atoms with Crippen LogP contribution in [0.4, 0.5) is 5.69 Å². The highest BCUT2D eigenvalue weighted by Crippen LogP contribution is 2.28. The second-order valence-electron chi connectivity index (χ2n) is 4.98. The van der Waals surface area contributed by atoms with E-state index in [1.807, 2.05) is 48.0 Å². The van der Waals surface area contributed by atoms with E-state index in [1.165, 1.54) is 0 Å². The Hall–Kier alpha value is -3.13. The number of rotatable bonds is 1. The minimum absolute atomic E-state index is 0.702. The molecule has 3 aromatic heterocycles. The third-order valence-corrected chi connectivity index (χ3v) is 3.69. The van der Waals surface area contributed by atoms with Gasteiger partial charge in [0.2, 0.25) is 0 Å². The molecule has 1 aromatic carbocycles. The molecule has 0 aliphatic heterocycles. The molecule has 0 bridgehead atoms. The van der Waals surface area contributed by atoms with Crippen LogP contribution >= 0.6 is 0 Å². The number of aromatic nitrogens is 4. The van der Waals surface area contributed by atoms with Crippen LogP contribution in [0, 0.1) is 13.5 Å². The van der Waals surface area contributed by atoms with Crippen molar-refractivity contribution in [3.8, 4) is 5.69 Å². The van der Waals surface area contributed by atoms with E-state index in [2.05, 4.69) is 25.7 Å². The predicted octanol–water partition coefficient (Wildman–Crippen LogP) is 3.53. The first-order valence-corrected chi connectivity index (χ1v) is 6.55. The molecule has 0 fully saturated rings. The molecule has 0 radical (unpaired) electrons. The average Bonchev–Trinajstić information content (AvgIpc) is 3.11. The third-order valence-electron chi connectivity index (χ3n) is 3.69. The van der Waals surface area contributed by atoms with Gasteiger partial charge >= 0.3 is 0 Å². The SMILES string of the molecule is [C-]#[N+]c1cc2ccn(-c3ccn4cnnc4c3)c2cc1C. The van der Waals surface area contributed by atoms with Crippen LogP contribution < -0.4 is 0 Å². The summed E-state index contributed by atoms with van der Waals surface area (Å²) in [5.41, 5.74) is 4.61. The van der Waals surface area contributed by atoms with Gasteiger partial charge < -0.3 is 4.57 Å². The highest BCUT2D eigenvalue weighted by Gasteiger charge is 2.08. The zero-order valence-corrected chi connectivity index (χ0v) is 11.4. The number of fused-ring (bicyclic) bond motifs is 2. The van der Waals surface area contributed by atoms with E-state index in [0.717, 1.165) is 27.8 Å². The zero-order chi connectivity index (χ0) is 14.4. The minimum Gasteiger partial charge on any atom is -0.316 e. The fourth-order valence-corrected chi connectivity index (χ4v) is 2.58. The van der Waals surface area contributed by atoms with Crippen LogP contribution in [-0.4, -0.2) is 19.2 Å². The number of aryl methyl sites for hydroxylation is 1. The van der Waals surface area contributed by atoms with Crippen LogP contribution in [0.3, 0.4) is 0 Å². The van der Waals surface area contributed by atoms with Crippen molar-refractivity contribution in [3.63, 3.8) is 0 Å². The largest absolute Gasteiger partial charge is 0.316 e. The van der Waals surface area contributed by atoms with Crippen LogP contribution in [0.5, 0.6) is 0 Å². The fourth-order valence-electron chi connectivity index (χ4n) is 2.58. The lowest BCUT2D eigenvalue weighted by Gasteiger charge is -2.07. The van der Waals surface area contributed by atoms with Gasteiger partial charge in [0.25, 0.3) is 0 Å². The predicted molar refractivity (Wildman–Crippen MR) is 80.8 cm³/mol. The first kappa shape index (κ1) is 11.7. The number of hydrogen-bond donors (Lipinski definition) is 0. The molecule has 5 heteroatoms. The molecule has 5 nitrogen and oxygen atoms in total. The minimum atomic E-state index is 0.702. The van der Waals surface area contributed by atoms with Crippen molar-refractivity contribution in [3.05, 3.63) is 66.0 Å². The maximum atomic E-state index is 7.20. The van der Waals surface area contributed by atoms with Gasteiger partial charge in [0, 0.05) is 18.5 Å². The topological polar surface area (TPSA) is 39.5 Å². The van der Waals surface area contributed by atoms with Gasteiger partial charge in [0.1, 0.15) is 6.33 Å².